The fourth-order valence-electron chi connectivity index (χ4n) is 2.48. The van der Waals surface area contributed by atoms with E-state index < -0.39 is 0 Å². The SMILES string of the molecule is Cc1cc(C(=O)NC2CCc3ncccc3C2)n[nH]1. The molecular formula is C14H16N4O. The molecule has 0 saturated heterocycles. The molecule has 0 spiro atoms. The molecule has 1 atom stereocenters. The second kappa shape index (κ2) is 4.84. The average Bonchev–Trinajstić information content (AvgIpc) is 2.85. The van der Waals surface area contributed by atoms with Crippen LogP contribution in [0.2, 0.25) is 0 Å². The number of rotatable bonds is 2. The molecule has 1 aliphatic carbocycles. The smallest absolute Gasteiger partial charge is 0.272 e. The Kier molecular flexibility index (Phi) is 3.03. The number of hydrogen-bond acceptors (Lipinski definition) is 3. The Morgan fingerprint density at radius 1 is 1.53 bits per heavy atom. The Balaban J connectivity index is 1.68. The molecule has 1 unspecified atom stereocenters. The number of hydrogen-bond donors (Lipinski definition) is 2. The van der Waals surface area contributed by atoms with Crippen molar-refractivity contribution in [3.63, 3.8) is 0 Å². The van der Waals surface area contributed by atoms with Gasteiger partial charge in [-0.2, -0.15) is 5.10 Å². The van der Waals surface area contributed by atoms with E-state index in [0.29, 0.717) is 5.69 Å². The van der Waals surface area contributed by atoms with Gasteiger partial charge in [0, 0.05) is 23.6 Å². The van der Waals surface area contributed by atoms with Crippen LogP contribution in [0.4, 0.5) is 0 Å². The number of aromatic amines is 1. The molecule has 0 aromatic carbocycles. The van der Waals surface area contributed by atoms with Crippen molar-refractivity contribution in [1.82, 2.24) is 20.5 Å². The number of H-pyrrole nitrogens is 1. The third-order valence-corrected chi connectivity index (χ3v) is 3.45. The van der Waals surface area contributed by atoms with Crippen LogP contribution >= 0.6 is 0 Å². The van der Waals surface area contributed by atoms with Crippen molar-refractivity contribution in [2.75, 3.05) is 0 Å². The number of aromatic nitrogens is 3. The minimum Gasteiger partial charge on any atom is -0.348 e. The molecule has 5 nitrogen and oxygen atoms in total. The molecule has 0 bridgehead atoms. The summed E-state index contributed by atoms with van der Waals surface area (Å²) in [6.07, 6.45) is 4.52. The zero-order valence-corrected chi connectivity index (χ0v) is 10.8. The van der Waals surface area contributed by atoms with Gasteiger partial charge < -0.3 is 5.32 Å². The molecule has 3 rings (SSSR count). The fraction of sp³-hybridized carbons (Fsp3) is 0.357. The summed E-state index contributed by atoms with van der Waals surface area (Å²) in [4.78, 5) is 16.4. The molecule has 0 saturated carbocycles. The van der Waals surface area contributed by atoms with E-state index in [0.717, 1.165) is 30.7 Å². The standard InChI is InChI=1S/C14H16N4O/c1-9-7-13(18-17-9)14(19)16-11-4-5-12-10(8-11)3-2-6-15-12/h2-3,6-7,11H,4-5,8H2,1H3,(H,16,19)(H,17,18). The number of nitrogens with zero attached hydrogens (tertiary/aromatic N) is 2. The maximum absolute atomic E-state index is 12.0. The highest BCUT2D eigenvalue weighted by Gasteiger charge is 2.21. The predicted octanol–water partition coefficient (Wildman–Crippen LogP) is 1.40. The summed E-state index contributed by atoms with van der Waals surface area (Å²) in [6.45, 7) is 1.88. The first-order valence-corrected chi connectivity index (χ1v) is 6.48. The average molecular weight is 256 g/mol. The fourth-order valence-corrected chi connectivity index (χ4v) is 2.48. The van der Waals surface area contributed by atoms with Crippen molar-refractivity contribution >= 4 is 5.91 Å². The molecule has 1 amide bonds. The van der Waals surface area contributed by atoms with Gasteiger partial charge in [-0.25, -0.2) is 0 Å². The minimum atomic E-state index is -0.110. The number of carbonyl (C=O) groups is 1. The van der Waals surface area contributed by atoms with Gasteiger partial charge in [0.05, 0.1) is 0 Å². The van der Waals surface area contributed by atoms with Gasteiger partial charge in [0.2, 0.25) is 0 Å². The van der Waals surface area contributed by atoms with Gasteiger partial charge in [0.25, 0.3) is 5.91 Å². The molecule has 0 fully saturated rings. The summed E-state index contributed by atoms with van der Waals surface area (Å²) >= 11 is 0. The maximum atomic E-state index is 12.0. The number of aryl methyl sites for hydroxylation is 2. The third kappa shape index (κ3) is 2.50. The van der Waals surface area contributed by atoms with E-state index in [-0.39, 0.29) is 11.9 Å². The van der Waals surface area contributed by atoms with Gasteiger partial charge in [-0.05, 0) is 43.9 Å². The first kappa shape index (κ1) is 11.9. The molecule has 2 aromatic rings. The van der Waals surface area contributed by atoms with Crippen LogP contribution < -0.4 is 5.32 Å². The highest BCUT2D eigenvalue weighted by molar-refractivity contribution is 5.92. The number of amides is 1. The lowest BCUT2D eigenvalue weighted by Gasteiger charge is -2.24. The number of nitrogens with one attached hydrogen (secondary N) is 2. The van der Waals surface area contributed by atoms with Crippen molar-refractivity contribution in [2.45, 2.75) is 32.2 Å². The molecule has 0 aliphatic heterocycles. The van der Waals surface area contributed by atoms with Crippen molar-refractivity contribution in [1.29, 1.82) is 0 Å². The summed E-state index contributed by atoms with van der Waals surface area (Å²) < 4.78 is 0. The van der Waals surface area contributed by atoms with Crippen LogP contribution in [0, 0.1) is 6.92 Å². The normalized spacial score (nSPS) is 17.8. The largest absolute Gasteiger partial charge is 0.348 e. The third-order valence-electron chi connectivity index (χ3n) is 3.45. The van der Waals surface area contributed by atoms with Gasteiger partial charge in [0.1, 0.15) is 5.69 Å². The zero-order chi connectivity index (χ0) is 13.2. The molecule has 5 heteroatoms. The molecule has 2 N–H and O–H groups in total. The Morgan fingerprint density at radius 3 is 3.21 bits per heavy atom. The number of fused-ring (bicyclic) bond motifs is 1. The molecule has 2 aromatic heterocycles. The Morgan fingerprint density at radius 2 is 2.42 bits per heavy atom. The molecule has 2 heterocycles. The van der Waals surface area contributed by atoms with E-state index in [1.54, 1.807) is 6.07 Å². The Hall–Kier alpha value is -2.17. The molecule has 98 valence electrons. The van der Waals surface area contributed by atoms with Crippen molar-refractivity contribution in [3.05, 3.63) is 47.0 Å². The highest BCUT2D eigenvalue weighted by atomic mass is 16.2. The van der Waals surface area contributed by atoms with E-state index in [9.17, 15) is 4.79 Å². The second-order valence-electron chi connectivity index (χ2n) is 4.96. The van der Waals surface area contributed by atoms with Gasteiger partial charge >= 0.3 is 0 Å². The van der Waals surface area contributed by atoms with Crippen LogP contribution in [0.3, 0.4) is 0 Å². The van der Waals surface area contributed by atoms with E-state index in [4.69, 9.17) is 0 Å². The first-order valence-electron chi connectivity index (χ1n) is 6.48. The molecular weight excluding hydrogens is 240 g/mol. The van der Waals surface area contributed by atoms with Crippen LogP contribution in [0.25, 0.3) is 0 Å². The lowest BCUT2D eigenvalue weighted by molar-refractivity contribution is 0.0928. The lowest BCUT2D eigenvalue weighted by Crippen LogP contribution is -2.39. The van der Waals surface area contributed by atoms with Crippen molar-refractivity contribution in [2.24, 2.45) is 0 Å². The monoisotopic (exact) mass is 256 g/mol. The van der Waals surface area contributed by atoms with E-state index in [2.05, 4.69) is 26.6 Å². The quantitative estimate of drug-likeness (QED) is 0.853. The summed E-state index contributed by atoms with van der Waals surface area (Å²) in [5.74, 6) is -0.110. The van der Waals surface area contributed by atoms with Crippen molar-refractivity contribution in [3.8, 4) is 0 Å². The van der Waals surface area contributed by atoms with E-state index in [1.165, 1.54) is 5.56 Å². The summed E-state index contributed by atoms with van der Waals surface area (Å²) in [6, 6.07) is 5.95. The molecule has 0 radical (unpaired) electrons. The van der Waals surface area contributed by atoms with E-state index in [1.807, 2.05) is 19.2 Å². The molecule has 19 heavy (non-hydrogen) atoms. The topological polar surface area (TPSA) is 70.7 Å². The van der Waals surface area contributed by atoms with Crippen LogP contribution in [0.1, 0.15) is 33.9 Å². The van der Waals surface area contributed by atoms with Crippen molar-refractivity contribution < 1.29 is 4.79 Å². The number of pyridine rings is 1. The van der Waals surface area contributed by atoms with Crippen LogP contribution in [-0.4, -0.2) is 27.1 Å². The summed E-state index contributed by atoms with van der Waals surface area (Å²) in [5.41, 5.74) is 3.73. The van der Waals surface area contributed by atoms with Crippen LogP contribution in [-0.2, 0) is 12.8 Å². The van der Waals surface area contributed by atoms with Gasteiger partial charge in [-0.15, -0.1) is 0 Å². The minimum absolute atomic E-state index is 0.110. The van der Waals surface area contributed by atoms with Crippen LogP contribution in [0.5, 0.6) is 0 Å². The predicted molar refractivity (Wildman–Crippen MR) is 70.8 cm³/mol. The van der Waals surface area contributed by atoms with E-state index >= 15 is 0 Å². The first-order chi connectivity index (χ1) is 9.22. The summed E-state index contributed by atoms with van der Waals surface area (Å²) in [5, 5.41) is 9.80. The van der Waals surface area contributed by atoms with Gasteiger partial charge in [-0.3, -0.25) is 14.9 Å². The Bertz CT molecular complexity index is 605. The highest BCUT2D eigenvalue weighted by Crippen LogP contribution is 2.19. The summed E-state index contributed by atoms with van der Waals surface area (Å²) in [7, 11) is 0. The van der Waals surface area contributed by atoms with Gasteiger partial charge in [-0.1, -0.05) is 6.07 Å². The Labute approximate surface area is 111 Å². The number of carbonyl (C=O) groups excluding carboxylic acids is 1. The zero-order valence-electron chi connectivity index (χ0n) is 10.8. The maximum Gasteiger partial charge on any atom is 0.272 e. The van der Waals surface area contributed by atoms with Gasteiger partial charge in [0.15, 0.2) is 0 Å². The lowest BCUT2D eigenvalue weighted by atomic mass is 9.92. The van der Waals surface area contributed by atoms with Crippen LogP contribution in [0.15, 0.2) is 24.4 Å². The molecule has 1 aliphatic rings. The second-order valence-corrected chi connectivity index (χ2v) is 4.96.